The van der Waals surface area contributed by atoms with E-state index in [0.29, 0.717) is 18.5 Å². The molecule has 0 heterocycles. The molecule has 0 amide bonds. The summed E-state index contributed by atoms with van der Waals surface area (Å²) in [7, 11) is 2.12. The molecule has 0 spiro atoms. The van der Waals surface area contributed by atoms with E-state index in [9.17, 15) is 0 Å². The van der Waals surface area contributed by atoms with Crippen molar-refractivity contribution in [3.63, 3.8) is 0 Å². The fourth-order valence-corrected chi connectivity index (χ4v) is 2.08. The van der Waals surface area contributed by atoms with Crippen LogP contribution in [0.1, 0.15) is 19.4 Å². The number of halogens is 1. The van der Waals surface area contributed by atoms with Crippen molar-refractivity contribution in [1.29, 1.82) is 0 Å². The topological polar surface area (TPSA) is 29.3 Å². The molecule has 1 rings (SSSR count). The maximum Gasteiger partial charge on any atom is 0.0406 e. The van der Waals surface area contributed by atoms with Gasteiger partial charge in [0, 0.05) is 24.2 Å². The zero-order valence-corrected chi connectivity index (χ0v) is 11.0. The largest absolute Gasteiger partial charge is 0.329 e. The quantitative estimate of drug-likeness (QED) is 0.858. The van der Waals surface area contributed by atoms with Gasteiger partial charge < -0.3 is 5.73 Å². The summed E-state index contributed by atoms with van der Waals surface area (Å²) >= 11 is 5.85. The Labute approximate surface area is 103 Å². The van der Waals surface area contributed by atoms with Gasteiger partial charge in [0.25, 0.3) is 0 Å². The van der Waals surface area contributed by atoms with Gasteiger partial charge in [0.2, 0.25) is 0 Å². The summed E-state index contributed by atoms with van der Waals surface area (Å²) in [6, 6.07) is 8.41. The Hall–Kier alpha value is -0.570. The first kappa shape index (κ1) is 13.5. The van der Waals surface area contributed by atoms with Gasteiger partial charge >= 0.3 is 0 Å². The second kappa shape index (κ2) is 6.24. The summed E-state index contributed by atoms with van der Waals surface area (Å²) < 4.78 is 0. The van der Waals surface area contributed by atoms with Crippen molar-refractivity contribution in [1.82, 2.24) is 4.90 Å². The van der Waals surface area contributed by atoms with E-state index in [-0.39, 0.29) is 0 Å². The normalized spacial score (nSPS) is 13.4. The lowest BCUT2D eigenvalue weighted by molar-refractivity contribution is 0.190. The van der Waals surface area contributed by atoms with Crippen LogP contribution in [0.15, 0.2) is 24.3 Å². The van der Waals surface area contributed by atoms with Gasteiger partial charge in [-0.3, -0.25) is 4.90 Å². The van der Waals surface area contributed by atoms with E-state index in [1.807, 2.05) is 12.1 Å². The van der Waals surface area contributed by atoms with Crippen LogP contribution in [0.2, 0.25) is 5.02 Å². The molecule has 0 saturated heterocycles. The molecule has 2 nitrogen and oxygen atoms in total. The van der Waals surface area contributed by atoms with Gasteiger partial charge in [-0.15, -0.1) is 0 Å². The Morgan fingerprint density at radius 1 is 1.25 bits per heavy atom. The van der Waals surface area contributed by atoms with Crippen LogP contribution in [-0.4, -0.2) is 24.5 Å². The van der Waals surface area contributed by atoms with Crippen LogP contribution < -0.4 is 5.73 Å². The monoisotopic (exact) mass is 240 g/mol. The van der Waals surface area contributed by atoms with Crippen LogP contribution in [0.4, 0.5) is 0 Å². The van der Waals surface area contributed by atoms with Crippen LogP contribution in [0, 0.1) is 5.92 Å². The fourth-order valence-electron chi connectivity index (χ4n) is 1.96. The van der Waals surface area contributed by atoms with Gasteiger partial charge in [-0.05, 0) is 30.7 Å². The van der Waals surface area contributed by atoms with E-state index >= 15 is 0 Å². The average molecular weight is 241 g/mol. The van der Waals surface area contributed by atoms with Crippen LogP contribution in [0.3, 0.4) is 0 Å². The molecule has 16 heavy (non-hydrogen) atoms. The second-order valence-corrected chi connectivity index (χ2v) is 5.03. The van der Waals surface area contributed by atoms with Crippen LogP contribution in [-0.2, 0) is 6.54 Å². The van der Waals surface area contributed by atoms with E-state index in [4.69, 9.17) is 17.3 Å². The first-order valence-corrected chi connectivity index (χ1v) is 6.07. The first-order chi connectivity index (χ1) is 7.54. The molecule has 0 aromatic heterocycles. The van der Waals surface area contributed by atoms with Crippen LogP contribution in [0.25, 0.3) is 0 Å². The van der Waals surface area contributed by atoms with Gasteiger partial charge in [0.05, 0.1) is 0 Å². The molecule has 3 heteroatoms. The molecule has 0 saturated carbocycles. The minimum absolute atomic E-state index is 0.427. The van der Waals surface area contributed by atoms with E-state index in [2.05, 4.69) is 37.9 Å². The lowest BCUT2D eigenvalue weighted by atomic mass is 10.0. The summed E-state index contributed by atoms with van der Waals surface area (Å²) in [5.41, 5.74) is 7.06. The molecule has 1 aromatic rings. The van der Waals surface area contributed by atoms with Gasteiger partial charge in [0.15, 0.2) is 0 Å². The smallest absolute Gasteiger partial charge is 0.0406 e. The maximum absolute atomic E-state index is 5.85. The third-order valence-corrected chi connectivity index (χ3v) is 3.17. The molecule has 0 aliphatic heterocycles. The SMILES string of the molecule is CC(C)C(CN)N(C)Cc1ccc(Cl)cc1. The van der Waals surface area contributed by atoms with Crippen molar-refractivity contribution in [3.8, 4) is 0 Å². The third-order valence-electron chi connectivity index (χ3n) is 2.92. The number of benzene rings is 1. The van der Waals surface area contributed by atoms with Crippen molar-refractivity contribution in [2.45, 2.75) is 26.4 Å². The lowest BCUT2D eigenvalue weighted by Gasteiger charge is -2.30. The highest BCUT2D eigenvalue weighted by atomic mass is 35.5. The molecule has 0 aliphatic carbocycles. The summed E-state index contributed by atoms with van der Waals surface area (Å²) in [6.07, 6.45) is 0. The Balaban J connectivity index is 2.62. The fraction of sp³-hybridized carbons (Fsp3) is 0.538. The van der Waals surface area contributed by atoms with Gasteiger partial charge in [0.1, 0.15) is 0 Å². The second-order valence-electron chi connectivity index (χ2n) is 4.59. The zero-order valence-electron chi connectivity index (χ0n) is 10.3. The molecular formula is C13H21ClN2. The molecule has 0 bridgehead atoms. The molecule has 1 aromatic carbocycles. The Bertz CT molecular complexity index is 308. The number of nitrogens with two attached hydrogens (primary N) is 1. The van der Waals surface area contributed by atoms with Crippen molar-refractivity contribution in [2.75, 3.05) is 13.6 Å². The Morgan fingerprint density at radius 3 is 2.25 bits per heavy atom. The highest BCUT2D eigenvalue weighted by Gasteiger charge is 2.16. The van der Waals surface area contributed by atoms with Gasteiger partial charge in [-0.2, -0.15) is 0 Å². The lowest BCUT2D eigenvalue weighted by Crippen LogP contribution is -2.41. The van der Waals surface area contributed by atoms with E-state index < -0.39 is 0 Å². The number of nitrogens with zero attached hydrogens (tertiary/aromatic N) is 1. The van der Waals surface area contributed by atoms with Gasteiger partial charge in [-0.25, -0.2) is 0 Å². The van der Waals surface area contributed by atoms with Crippen molar-refractivity contribution in [2.24, 2.45) is 11.7 Å². The Kier molecular flexibility index (Phi) is 5.26. The van der Waals surface area contributed by atoms with Crippen molar-refractivity contribution in [3.05, 3.63) is 34.9 Å². The average Bonchev–Trinajstić information content (AvgIpc) is 2.22. The molecule has 0 radical (unpaired) electrons. The van der Waals surface area contributed by atoms with Gasteiger partial charge in [-0.1, -0.05) is 37.6 Å². The third kappa shape index (κ3) is 3.78. The number of hydrogen-bond donors (Lipinski definition) is 1. The molecular weight excluding hydrogens is 220 g/mol. The molecule has 0 fully saturated rings. The molecule has 0 aliphatic rings. The van der Waals surface area contributed by atoms with Crippen molar-refractivity contribution < 1.29 is 0 Å². The number of hydrogen-bond acceptors (Lipinski definition) is 2. The minimum atomic E-state index is 0.427. The highest BCUT2D eigenvalue weighted by Crippen LogP contribution is 2.14. The van der Waals surface area contributed by atoms with E-state index in [1.165, 1.54) is 5.56 Å². The van der Waals surface area contributed by atoms with Crippen LogP contribution >= 0.6 is 11.6 Å². The zero-order chi connectivity index (χ0) is 12.1. The molecule has 2 N–H and O–H groups in total. The summed E-state index contributed by atoms with van der Waals surface area (Å²) in [5.74, 6) is 0.572. The van der Waals surface area contributed by atoms with Crippen LogP contribution in [0.5, 0.6) is 0 Å². The first-order valence-electron chi connectivity index (χ1n) is 5.69. The summed E-state index contributed by atoms with van der Waals surface area (Å²) in [5, 5.41) is 0.783. The van der Waals surface area contributed by atoms with E-state index in [1.54, 1.807) is 0 Å². The molecule has 1 unspecified atom stereocenters. The molecule has 1 atom stereocenters. The number of likely N-dealkylation sites (N-methyl/N-ethyl adjacent to an activating group) is 1. The van der Waals surface area contributed by atoms with Crippen molar-refractivity contribution >= 4 is 11.6 Å². The number of rotatable bonds is 5. The van der Waals surface area contributed by atoms with E-state index in [0.717, 1.165) is 11.6 Å². The predicted molar refractivity (Wildman–Crippen MR) is 70.6 cm³/mol. The summed E-state index contributed by atoms with van der Waals surface area (Å²) in [4.78, 5) is 2.30. The summed E-state index contributed by atoms with van der Waals surface area (Å²) in [6.45, 7) is 6.02. The standard InChI is InChI=1S/C13H21ClN2/c1-10(2)13(8-15)16(3)9-11-4-6-12(14)7-5-11/h4-7,10,13H,8-9,15H2,1-3H3. The Morgan fingerprint density at radius 2 is 1.81 bits per heavy atom. The molecule has 90 valence electrons. The highest BCUT2D eigenvalue weighted by molar-refractivity contribution is 6.30. The predicted octanol–water partition coefficient (Wildman–Crippen LogP) is 2.76. The maximum atomic E-state index is 5.85. The minimum Gasteiger partial charge on any atom is -0.329 e.